The van der Waals surface area contributed by atoms with Crippen LogP contribution in [0, 0.1) is 6.92 Å². The Morgan fingerprint density at radius 1 is 1.04 bits per heavy atom. The molecule has 2 aromatic rings. The number of sulfonamides is 1. The average molecular weight is 410 g/mol. The fraction of sp³-hybridized carbons (Fsp3) is 0.222. The van der Waals surface area contributed by atoms with Gasteiger partial charge in [-0.05, 0) is 45.0 Å². The Kier molecular flexibility index (Phi) is 6.45. The molecule has 0 atom stereocenters. The lowest BCUT2D eigenvalue weighted by atomic mass is 10.2. The number of aryl methyl sites for hydroxylation is 1. The lowest BCUT2D eigenvalue weighted by Gasteiger charge is -2.26. The first kappa shape index (κ1) is 20.7. The van der Waals surface area contributed by atoms with Gasteiger partial charge >= 0.3 is 12.1 Å². The fourth-order valence-corrected chi connectivity index (χ4v) is 4.02. The molecule has 2 rings (SSSR count). The summed E-state index contributed by atoms with van der Waals surface area (Å²) in [7, 11) is -4.13. The first-order valence-corrected chi connectivity index (χ1v) is 9.92. The van der Waals surface area contributed by atoms with Crippen LogP contribution in [0.2, 0.25) is 5.02 Å². The monoisotopic (exact) mass is 409 g/mol. The second-order valence-electron chi connectivity index (χ2n) is 6.07. The number of benzene rings is 2. The van der Waals surface area contributed by atoms with Crippen LogP contribution < -0.4 is 10.6 Å². The maximum Gasteiger partial charge on any atom is 0.339 e. The Morgan fingerprint density at radius 2 is 1.63 bits per heavy atom. The lowest BCUT2D eigenvalue weighted by Crippen LogP contribution is -2.50. The van der Waals surface area contributed by atoms with Gasteiger partial charge in [0, 0.05) is 6.04 Å². The van der Waals surface area contributed by atoms with Crippen LogP contribution in [0.25, 0.3) is 0 Å². The van der Waals surface area contributed by atoms with Crippen molar-refractivity contribution in [1.82, 2.24) is 9.62 Å². The van der Waals surface area contributed by atoms with Crippen molar-refractivity contribution in [1.29, 1.82) is 0 Å². The van der Waals surface area contributed by atoms with Crippen LogP contribution in [0.4, 0.5) is 15.3 Å². The van der Waals surface area contributed by atoms with E-state index < -0.39 is 28.1 Å². The molecule has 0 spiro atoms. The highest BCUT2D eigenvalue weighted by Crippen LogP contribution is 2.21. The molecule has 0 unspecified atom stereocenters. The van der Waals surface area contributed by atoms with Crippen molar-refractivity contribution in [2.24, 2.45) is 0 Å². The SMILES string of the molecule is Cc1ccc(S(=O)(=O)N(C(=O)NC(=O)Nc2ccccc2Cl)C(C)C)cc1. The standard InChI is InChI=1S/C18H20ClN3O4S/c1-12(2)22(27(25,26)14-10-8-13(3)9-11-14)18(24)21-17(23)20-16-7-5-4-6-15(16)19/h4-12H,1-3H3,(H2,20,21,23,24). The molecule has 0 bridgehead atoms. The van der Waals surface area contributed by atoms with E-state index in [1.54, 1.807) is 36.4 Å². The topological polar surface area (TPSA) is 95.6 Å². The molecule has 144 valence electrons. The highest BCUT2D eigenvalue weighted by molar-refractivity contribution is 7.89. The first-order valence-electron chi connectivity index (χ1n) is 8.10. The molecular weight excluding hydrogens is 390 g/mol. The van der Waals surface area contributed by atoms with Crippen LogP contribution in [-0.2, 0) is 10.0 Å². The number of carbonyl (C=O) groups is 2. The van der Waals surface area contributed by atoms with Crippen molar-refractivity contribution in [3.8, 4) is 0 Å². The predicted molar refractivity (Wildman–Crippen MR) is 104 cm³/mol. The molecule has 0 saturated heterocycles. The average Bonchev–Trinajstić information content (AvgIpc) is 2.56. The van der Waals surface area contributed by atoms with E-state index in [1.807, 2.05) is 12.2 Å². The van der Waals surface area contributed by atoms with E-state index in [9.17, 15) is 18.0 Å². The fourth-order valence-electron chi connectivity index (χ4n) is 2.31. The van der Waals surface area contributed by atoms with E-state index in [0.29, 0.717) is 9.99 Å². The van der Waals surface area contributed by atoms with Gasteiger partial charge in [-0.2, -0.15) is 0 Å². The number of halogens is 1. The third-order valence-electron chi connectivity index (χ3n) is 3.59. The molecule has 2 aromatic carbocycles. The van der Waals surface area contributed by atoms with Crippen LogP contribution in [-0.4, -0.2) is 30.8 Å². The van der Waals surface area contributed by atoms with Gasteiger partial charge in [-0.1, -0.05) is 41.4 Å². The minimum atomic E-state index is -4.13. The minimum absolute atomic E-state index is 0.0385. The molecule has 0 aliphatic heterocycles. The van der Waals surface area contributed by atoms with Crippen LogP contribution >= 0.6 is 11.6 Å². The molecule has 4 amide bonds. The Hall–Kier alpha value is -2.58. The van der Waals surface area contributed by atoms with Gasteiger partial charge in [0.1, 0.15) is 0 Å². The quantitative estimate of drug-likeness (QED) is 0.797. The van der Waals surface area contributed by atoms with Gasteiger partial charge in [-0.25, -0.2) is 22.3 Å². The number of imide groups is 1. The summed E-state index contributed by atoms with van der Waals surface area (Å²) in [6.07, 6.45) is 0. The van der Waals surface area contributed by atoms with Gasteiger partial charge in [-0.15, -0.1) is 0 Å². The summed E-state index contributed by atoms with van der Waals surface area (Å²) in [5.41, 5.74) is 1.18. The third-order valence-corrected chi connectivity index (χ3v) is 5.89. The van der Waals surface area contributed by atoms with Crippen LogP contribution in [0.15, 0.2) is 53.4 Å². The summed E-state index contributed by atoms with van der Waals surface area (Å²) in [6, 6.07) is 9.90. The summed E-state index contributed by atoms with van der Waals surface area (Å²) < 4.78 is 26.3. The summed E-state index contributed by atoms with van der Waals surface area (Å²) in [5.74, 6) is 0. The third kappa shape index (κ3) is 4.99. The van der Waals surface area contributed by atoms with Crippen molar-refractivity contribution in [2.45, 2.75) is 31.7 Å². The van der Waals surface area contributed by atoms with Crippen LogP contribution in [0.1, 0.15) is 19.4 Å². The largest absolute Gasteiger partial charge is 0.339 e. The molecule has 0 radical (unpaired) electrons. The zero-order chi connectivity index (χ0) is 20.2. The highest BCUT2D eigenvalue weighted by Gasteiger charge is 2.32. The minimum Gasteiger partial charge on any atom is -0.306 e. The zero-order valence-electron chi connectivity index (χ0n) is 15.1. The van der Waals surface area contributed by atoms with E-state index in [2.05, 4.69) is 5.32 Å². The van der Waals surface area contributed by atoms with Gasteiger partial charge in [0.2, 0.25) is 0 Å². The molecule has 0 fully saturated rings. The van der Waals surface area contributed by atoms with Gasteiger partial charge in [-0.3, -0.25) is 5.32 Å². The number of anilines is 1. The van der Waals surface area contributed by atoms with Gasteiger partial charge in [0.25, 0.3) is 10.0 Å². The number of hydrogen-bond donors (Lipinski definition) is 2. The predicted octanol–water partition coefficient (Wildman–Crippen LogP) is 3.99. The molecule has 7 nitrogen and oxygen atoms in total. The Labute approximate surface area is 163 Å². The van der Waals surface area contributed by atoms with E-state index >= 15 is 0 Å². The summed E-state index contributed by atoms with van der Waals surface area (Å²) in [4.78, 5) is 24.5. The maximum absolute atomic E-state index is 12.8. The van der Waals surface area contributed by atoms with Gasteiger partial charge < -0.3 is 5.32 Å². The number of carbonyl (C=O) groups excluding carboxylic acids is 2. The van der Waals surface area contributed by atoms with Gasteiger partial charge in [0.15, 0.2) is 0 Å². The molecular formula is C18H20ClN3O4S. The number of hydrogen-bond acceptors (Lipinski definition) is 4. The van der Waals surface area contributed by atoms with E-state index in [0.717, 1.165) is 5.56 Å². The molecule has 27 heavy (non-hydrogen) atoms. The van der Waals surface area contributed by atoms with E-state index in [-0.39, 0.29) is 9.92 Å². The number of rotatable bonds is 4. The summed E-state index contributed by atoms with van der Waals surface area (Å²) in [6.45, 7) is 4.90. The summed E-state index contributed by atoms with van der Waals surface area (Å²) in [5, 5.41) is 4.72. The number of para-hydroxylation sites is 1. The Bertz CT molecular complexity index is 943. The van der Waals surface area contributed by atoms with Crippen molar-refractivity contribution < 1.29 is 18.0 Å². The number of urea groups is 2. The number of nitrogens with one attached hydrogen (secondary N) is 2. The molecule has 9 heteroatoms. The molecule has 0 heterocycles. The number of nitrogens with zero attached hydrogens (tertiary/aromatic N) is 1. The highest BCUT2D eigenvalue weighted by atomic mass is 35.5. The van der Waals surface area contributed by atoms with E-state index in [1.165, 1.54) is 26.0 Å². The lowest BCUT2D eigenvalue weighted by molar-refractivity contribution is 0.213. The van der Waals surface area contributed by atoms with Crippen molar-refractivity contribution in [2.75, 3.05) is 5.32 Å². The van der Waals surface area contributed by atoms with Crippen LogP contribution in [0.5, 0.6) is 0 Å². The second kappa shape index (κ2) is 8.41. The molecule has 0 saturated carbocycles. The van der Waals surface area contributed by atoms with Crippen molar-refractivity contribution >= 4 is 39.4 Å². The first-order chi connectivity index (χ1) is 12.6. The smallest absolute Gasteiger partial charge is 0.306 e. The van der Waals surface area contributed by atoms with Crippen molar-refractivity contribution in [3.63, 3.8) is 0 Å². The molecule has 2 N–H and O–H groups in total. The molecule has 0 aliphatic rings. The zero-order valence-corrected chi connectivity index (χ0v) is 16.6. The summed E-state index contributed by atoms with van der Waals surface area (Å²) >= 11 is 5.95. The molecule has 0 aliphatic carbocycles. The van der Waals surface area contributed by atoms with Crippen LogP contribution in [0.3, 0.4) is 0 Å². The van der Waals surface area contributed by atoms with Gasteiger partial charge in [0.05, 0.1) is 15.6 Å². The Balaban J connectivity index is 2.21. The van der Waals surface area contributed by atoms with Crippen molar-refractivity contribution in [3.05, 3.63) is 59.1 Å². The molecule has 0 aromatic heterocycles. The normalized spacial score (nSPS) is 11.1. The van der Waals surface area contributed by atoms with E-state index in [4.69, 9.17) is 11.6 Å². The second-order valence-corrected chi connectivity index (χ2v) is 8.29. The Morgan fingerprint density at radius 3 is 2.19 bits per heavy atom. The number of amides is 4. The maximum atomic E-state index is 12.8.